The molecular weight excluding hydrogens is 258 g/mol. The topological polar surface area (TPSA) is 173 Å². The van der Waals surface area contributed by atoms with Crippen molar-refractivity contribution in [3.63, 3.8) is 0 Å². The summed E-state index contributed by atoms with van der Waals surface area (Å²) in [6.45, 7) is 0. The Morgan fingerprint density at radius 1 is 1.11 bits per heavy atom. The van der Waals surface area contributed by atoms with Gasteiger partial charge < -0.3 is 4.74 Å². The fourth-order valence-corrected chi connectivity index (χ4v) is 1.43. The summed E-state index contributed by atoms with van der Waals surface area (Å²) < 4.78 is 4.01. The highest BCUT2D eigenvalue weighted by Gasteiger charge is 2.72. The Bertz CT molecular complexity index is 421. The Morgan fingerprint density at radius 3 is 1.83 bits per heavy atom. The van der Waals surface area contributed by atoms with Crippen molar-refractivity contribution in [1.29, 1.82) is 0 Å². The van der Waals surface area contributed by atoms with Gasteiger partial charge in [-0.15, -0.1) is 0 Å². The fourth-order valence-electron chi connectivity index (χ4n) is 1.43. The SMILES string of the molecule is O=C1C[C@@H](CC([N+](=O)[O-])([N+](=O)[O-])[N+](=O)[O-])C(=O)O1. The van der Waals surface area contributed by atoms with Crippen molar-refractivity contribution in [3.8, 4) is 0 Å². The molecule has 0 bridgehead atoms. The first-order chi connectivity index (χ1) is 8.21. The van der Waals surface area contributed by atoms with E-state index in [2.05, 4.69) is 4.74 Å². The van der Waals surface area contributed by atoms with Crippen LogP contribution in [0.4, 0.5) is 0 Å². The van der Waals surface area contributed by atoms with Gasteiger partial charge in [0.1, 0.15) is 0 Å². The molecule has 98 valence electrons. The molecule has 0 radical (unpaired) electrons. The third-order valence-corrected chi connectivity index (χ3v) is 2.36. The normalized spacial score (nSPS) is 19.4. The summed E-state index contributed by atoms with van der Waals surface area (Å²) in [4.78, 5) is 48.3. The summed E-state index contributed by atoms with van der Waals surface area (Å²) in [6, 6.07) is 0. The molecule has 0 N–H and O–H groups in total. The van der Waals surface area contributed by atoms with E-state index in [0.717, 1.165) is 0 Å². The van der Waals surface area contributed by atoms with Crippen molar-refractivity contribution < 1.29 is 29.1 Å². The summed E-state index contributed by atoms with van der Waals surface area (Å²) in [5.41, 5.74) is 0. The molecule has 0 amide bonds. The minimum Gasteiger partial charge on any atom is -0.393 e. The number of esters is 2. The summed E-state index contributed by atoms with van der Waals surface area (Å²) in [7, 11) is 0. The molecule has 1 aliphatic heterocycles. The average molecular weight is 263 g/mol. The Kier molecular flexibility index (Phi) is 3.21. The van der Waals surface area contributed by atoms with Crippen LogP contribution in [0.5, 0.6) is 0 Å². The molecule has 0 aromatic rings. The van der Waals surface area contributed by atoms with Gasteiger partial charge in [-0.3, -0.25) is 39.9 Å². The first-order valence-electron chi connectivity index (χ1n) is 4.40. The van der Waals surface area contributed by atoms with E-state index < -0.39 is 51.3 Å². The molecule has 12 heteroatoms. The average Bonchev–Trinajstić information content (AvgIpc) is 2.51. The maximum Gasteiger partial charge on any atom is 0.700 e. The molecule has 0 spiro atoms. The first kappa shape index (κ1) is 13.4. The van der Waals surface area contributed by atoms with Gasteiger partial charge in [-0.05, 0) is 0 Å². The minimum atomic E-state index is -3.76. The van der Waals surface area contributed by atoms with E-state index in [4.69, 9.17) is 0 Å². The van der Waals surface area contributed by atoms with Gasteiger partial charge in [-0.2, -0.15) is 0 Å². The van der Waals surface area contributed by atoms with Crippen molar-refractivity contribution in [2.75, 3.05) is 0 Å². The maximum atomic E-state index is 11.0. The highest BCUT2D eigenvalue weighted by molar-refractivity contribution is 5.94. The van der Waals surface area contributed by atoms with Crippen molar-refractivity contribution in [2.24, 2.45) is 5.92 Å². The number of cyclic esters (lactones) is 2. The van der Waals surface area contributed by atoms with Crippen LogP contribution in [0.3, 0.4) is 0 Å². The number of nitro groups is 3. The van der Waals surface area contributed by atoms with Crippen LogP contribution >= 0.6 is 0 Å². The van der Waals surface area contributed by atoms with Crippen LogP contribution in [0.25, 0.3) is 0 Å². The number of rotatable bonds is 5. The lowest BCUT2D eigenvalue weighted by molar-refractivity contribution is -0.971. The number of carbonyl (C=O) groups is 2. The molecule has 0 unspecified atom stereocenters. The Hall–Kier alpha value is -2.66. The lowest BCUT2D eigenvalue weighted by atomic mass is 9.99. The van der Waals surface area contributed by atoms with Gasteiger partial charge in [-0.1, -0.05) is 0 Å². The largest absolute Gasteiger partial charge is 0.700 e. The van der Waals surface area contributed by atoms with E-state index in [0.29, 0.717) is 0 Å². The number of nitrogens with zero attached hydrogens (tertiary/aromatic N) is 3. The standard InChI is InChI=1S/C6H5N3O9/c10-4-1-3(5(11)18-4)2-6(7(12)13,8(14)15)9(16)17/h3H,1-2H2/t3-/m0/s1. The van der Waals surface area contributed by atoms with Crippen LogP contribution in [0.15, 0.2) is 0 Å². The third kappa shape index (κ3) is 1.94. The zero-order chi connectivity index (χ0) is 14.1. The van der Waals surface area contributed by atoms with Crippen LogP contribution < -0.4 is 0 Å². The molecule has 1 saturated heterocycles. The molecule has 1 rings (SSSR count). The molecule has 0 saturated carbocycles. The second-order valence-corrected chi connectivity index (χ2v) is 3.44. The fraction of sp³-hybridized carbons (Fsp3) is 0.667. The molecule has 1 fully saturated rings. The molecule has 18 heavy (non-hydrogen) atoms. The van der Waals surface area contributed by atoms with Gasteiger partial charge in [0.25, 0.3) is 0 Å². The quantitative estimate of drug-likeness (QED) is 0.197. The first-order valence-corrected chi connectivity index (χ1v) is 4.40. The zero-order valence-electron chi connectivity index (χ0n) is 8.51. The summed E-state index contributed by atoms with van der Waals surface area (Å²) in [5, 5.41) is 31.7. The van der Waals surface area contributed by atoms with E-state index >= 15 is 0 Å². The van der Waals surface area contributed by atoms with Gasteiger partial charge in [0.15, 0.2) is 21.2 Å². The Labute approximate surface area is 97.0 Å². The maximum absolute atomic E-state index is 11.0. The third-order valence-electron chi connectivity index (χ3n) is 2.36. The second-order valence-electron chi connectivity index (χ2n) is 3.44. The molecule has 0 aromatic heterocycles. The molecule has 0 aromatic carbocycles. The Balaban J connectivity index is 3.10. The van der Waals surface area contributed by atoms with Gasteiger partial charge in [0.2, 0.25) is 0 Å². The van der Waals surface area contributed by atoms with Crippen LogP contribution in [-0.2, 0) is 14.3 Å². The number of hydrogen-bond acceptors (Lipinski definition) is 9. The van der Waals surface area contributed by atoms with E-state index in [9.17, 15) is 39.9 Å². The van der Waals surface area contributed by atoms with Gasteiger partial charge in [-0.25, -0.2) is 0 Å². The number of ether oxygens (including phenoxy) is 1. The molecule has 1 heterocycles. The highest BCUT2D eigenvalue weighted by Crippen LogP contribution is 2.29. The van der Waals surface area contributed by atoms with Crippen LogP contribution in [0.2, 0.25) is 0 Å². The minimum absolute atomic E-state index is 0.657. The molecule has 12 nitrogen and oxygen atoms in total. The van der Waals surface area contributed by atoms with E-state index in [1.807, 2.05) is 0 Å². The monoisotopic (exact) mass is 263 g/mol. The van der Waals surface area contributed by atoms with Crippen LogP contribution in [0.1, 0.15) is 12.8 Å². The summed E-state index contributed by atoms with van der Waals surface area (Å²) >= 11 is 0. The molecule has 1 aliphatic rings. The van der Waals surface area contributed by atoms with Crippen molar-refractivity contribution in [2.45, 2.75) is 18.6 Å². The zero-order valence-corrected chi connectivity index (χ0v) is 8.51. The lowest BCUT2D eigenvalue weighted by Gasteiger charge is -2.10. The molecule has 0 aliphatic carbocycles. The predicted octanol–water partition coefficient (Wildman–Crippen LogP) is -1.05. The van der Waals surface area contributed by atoms with Gasteiger partial charge >= 0.3 is 17.7 Å². The lowest BCUT2D eigenvalue weighted by Crippen LogP contribution is -2.54. The van der Waals surface area contributed by atoms with Crippen molar-refractivity contribution in [3.05, 3.63) is 30.3 Å². The van der Waals surface area contributed by atoms with Crippen molar-refractivity contribution >= 4 is 11.9 Å². The Morgan fingerprint density at radius 2 is 1.56 bits per heavy atom. The van der Waals surface area contributed by atoms with E-state index in [1.54, 1.807) is 0 Å². The molecule has 1 atom stereocenters. The van der Waals surface area contributed by atoms with E-state index in [1.165, 1.54) is 0 Å². The van der Waals surface area contributed by atoms with Gasteiger partial charge in [0.05, 0.1) is 12.3 Å². The summed E-state index contributed by atoms with van der Waals surface area (Å²) in [5.74, 6) is -7.60. The van der Waals surface area contributed by atoms with Gasteiger partial charge in [0, 0.05) is 0 Å². The molecular formula is C6H5N3O9. The predicted molar refractivity (Wildman–Crippen MR) is 47.5 cm³/mol. The van der Waals surface area contributed by atoms with E-state index in [-0.39, 0.29) is 0 Å². The second kappa shape index (κ2) is 4.31. The van der Waals surface area contributed by atoms with Crippen molar-refractivity contribution in [1.82, 2.24) is 0 Å². The smallest absolute Gasteiger partial charge is 0.393 e. The number of carbonyl (C=O) groups excluding carboxylic acids is 2. The highest BCUT2D eigenvalue weighted by atomic mass is 16.7. The van der Waals surface area contributed by atoms with Crippen LogP contribution in [0, 0.1) is 36.3 Å². The number of hydrogen-bond donors (Lipinski definition) is 0. The van der Waals surface area contributed by atoms with Crippen LogP contribution in [-0.4, -0.2) is 32.5 Å². The summed E-state index contributed by atoms with van der Waals surface area (Å²) in [6.07, 6.45) is -2.00.